The molecular formula is C16H32N4O3. The van der Waals surface area contributed by atoms with Crippen LogP contribution in [0.2, 0.25) is 0 Å². The Bertz CT molecular complexity index is 344. The molecule has 1 rings (SSSR count). The number of aliphatic imine (C=N–C) groups is 1. The highest BCUT2D eigenvalue weighted by Gasteiger charge is 2.15. The maximum Gasteiger partial charge on any atom is 0.239 e. The van der Waals surface area contributed by atoms with Crippen molar-refractivity contribution in [3.8, 4) is 0 Å². The Labute approximate surface area is 139 Å². The lowest BCUT2D eigenvalue weighted by Gasteiger charge is -2.23. The Kier molecular flexibility index (Phi) is 11.3. The first-order chi connectivity index (χ1) is 11.3. The second kappa shape index (κ2) is 13.1. The third-order valence-electron chi connectivity index (χ3n) is 3.80. The molecule has 3 N–H and O–H groups in total. The van der Waals surface area contributed by atoms with Crippen LogP contribution in [-0.4, -0.2) is 65.0 Å². The molecule has 7 heteroatoms. The summed E-state index contributed by atoms with van der Waals surface area (Å²) in [4.78, 5) is 16.0. The normalized spacial score (nSPS) is 16.2. The minimum Gasteiger partial charge on any atom is -0.382 e. The van der Waals surface area contributed by atoms with E-state index in [2.05, 4.69) is 20.9 Å². The van der Waals surface area contributed by atoms with Gasteiger partial charge in [-0.25, -0.2) is 0 Å². The van der Waals surface area contributed by atoms with E-state index < -0.39 is 0 Å². The molecule has 0 unspecified atom stereocenters. The van der Waals surface area contributed by atoms with Crippen molar-refractivity contribution < 1.29 is 14.3 Å². The standard InChI is InChI=1S/C16H32N4O3/c1-17-16(18-9-6-10-23-12-11-22-2)19-13-15(21)20-14-7-4-3-5-8-14/h14H,3-13H2,1-2H3,(H,20,21)(H2,17,18,19). The van der Waals surface area contributed by atoms with Gasteiger partial charge in [-0.1, -0.05) is 19.3 Å². The molecular weight excluding hydrogens is 296 g/mol. The van der Waals surface area contributed by atoms with Crippen molar-refractivity contribution in [2.24, 2.45) is 4.99 Å². The van der Waals surface area contributed by atoms with E-state index in [1.165, 1.54) is 19.3 Å². The molecule has 0 aliphatic heterocycles. The van der Waals surface area contributed by atoms with Crippen molar-refractivity contribution in [1.82, 2.24) is 16.0 Å². The fourth-order valence-electron chi connectivity index (χ4n) is 2.54. The molecule has 23 heavy (non-hydrogen) atoms. The molecule has 0 atom stereocenters. The molecule has 0 aromatic carbocycles. The van der Waals surface area contributed by atoms with E-state index >= 15 is 0 Å². The maximum absolute atomic E-state index is 11.9. The molecule has 0 aromatic heterocycles. The first-order valence-electron chi connectivity index (χ1n) is 8.57. The number of rotatable bonds is 10. The van der Waals surface area contributed by atoms with Crippen molar-refractivity contribution in [3.63, 3.8) is 0 Å². The van der Waals surface area contributed by atoms with Gasteiger partial charge in [0.2, 0.25) is 5.91 Å². The van der Waals surface area contributed by atoms with Crippen molar-refractivity contribution in [2.45, 2.75) is 44.6 Å². The lowest BCUT2D eigenvalue weighted by molar-refractivity contribution is -0.120. The Morgan fingerprint density at radius 2 is 1.91 bits per heavy atom. The van der Waals surface area contributed by atoms with Gasteiger partial charge in [0.15, 0.2) is 5.96 Å². The number of ether oxygens (including phenoxy) is 2. The van der Waals surface area contributed by atoms with Gasteiger partial charge >= 0.3 is 0 Å². The number of carbonyl (C=O) groups is 1. The average molecular weight is 328 g/mol. The second-order valence-corrected chi connectivity index (χ2v) is 5.71. The molecule has 0 radical (unpaired) electrons. The Hall–Kier alpha value is -1.34. The van der Waals surface area contributed by atoms with Crippen LogP contribution < -0.4 is 16.0 Å². The smallest absolute Gasteiger partial charge is 0.239 e. The van der Waals surface area contributed by atoms with Crippen LogP contribution in [0.5, 0.6) is 0 Å². The number of guanidine groups is 1. The molecule has 134 valence electrons. The number of nitrogens with zero attached hydrogens (tertiary/aromatic N) is 1. The van der Waals surface area contributed by atoms with Gasteiger partial charge in [-0.3, -0.25) is 9.79 Å². The van der Waals surface area contributed by atoms with E-state index in [1.807, 2.05) is 0 Å². The minimum atomic E-state index is 0.0303. The SMILES string of the molecule is CN=C(NCCCOCCOC)NCC(=O)NC1CCCCC1. The number of carbonyl (C=O) groups excluding carboxylic acids is 1. The van der Waals surface area contributed by atoms with Crippen molar-refractivity contribution in [3.05, 3.63) is 0 Å². The molecule has 0 aromatic rings. The summed E-state index contributed by atoms with van der Waals surface area (Å²) < 4.78 is 10.3. The average Bonchev–Trinajstić information content (AvgIpc) is 2.57. The van der Waals surface area contributed by atoms with Crippen LogP contribution in [-0.2, 0) is 14.3 Å². The van der Waals surface area contributed by atoms with Crippen LogP contribution in [0, 0.1) is 0 Å². The van der Waals surface area contributed by atoms with Gasteiger partial charge in [0.1, 0.15) is 0 Å². The third-order valence-corrected chi connectivity index (χ3v) is 3.80. The summed E-state index contributed by atoms with van der Waals surface area (Å²) in [7, 11) is 3.36. The Balaban J connectivity index is 2.05. The van der Waals surface area contributed by atoms with E-state index in [9.17, 15) is 4.79 Å². The predicted octanol–water partition coefficient (Wildman–Crippen LogP) is 0.653. The Morgan fingerprint density at radius 1 is 1.13 bits per heavy atom. The number of amides is 1. The van der Waals surface area contributed by atoms with Gasteiger partial charge in [-0.15, -0.1) is 0 Å². The van der Waals surface area contributed by atoms with Crippen molar-refractivity contribution >= 4 is 11.9 Å². The van der Waals surface area contributed by atoms with Crippen molar-refractivity contribution in [2.75, 3.05) is 47.1 Å². The molecule has 1 fully saturated rings. The molecule has 1 saturated carbocycles. The lowest BCUT2D eigenvalue weighted by atomic mass is 9.95. The van der Waals surface area contributed by atoms with Crippen LogP contribution in [0.25, 0.3) is 0 Å². The fourth-order valence-corrected chi connectivity index (χ4v) is 2.54. The van der Waals surface area contributed by atoms with Crippen LogP contribution >= 0.6 is 0 Å². The molecule has 1 aliphatic carbocycles. The first-order valence-corrected chi connectivity index (χ1v) is 8.57. The first kappa shape index (κ1) is 19.7. The highest BCUT2D eigenvalue weighted by Crippen LogP contribution is 2.16. The minimum absolute atomic E-state index is 0.0303. The van der Waals surface area contributed by atoms with Gasteiger partial charge in [-0.2, -0.15) is 0 Å². The topological polar surface area (TPSA) is 84.0 Å². The van der Waals surface area contributed by atoms with Crippen LogP contribution in [0.1, 0.15) is 38.5 Å². The van der Waals surface area contributed by atoms with E-state index in [1.54, 1.807) is 14.2 Å². The highest BCUT2D eigenvalue weighted by molar-refractivity contribution is 5.86. The monoisotopic (exact) mass is 328 g/mol. The summed E-state index contributed by atoms with van der Waals surface area (Å²) in [6.45, 7) is 2.91. The zero-order valence-corrected chi connectivity index (χ0v) is 14.5. The van der Waals surface area contributed by atoms with E-state index in [-0.39, 0.29) is 12.5 Å². The van der Waals surface area contributed by atoms with Crippen molar-refractivity contribution in [1.29, 1.82) is 0 Å². The molecule has 0 heterocycles. The number of hydrogen-bond acceptors (Lipinski definition) is 4. The summed E-state index contributed by atoms with van der Waals surface area (Å²) in [5.74, 6) is 0.670. The molecule has 0 bridgehead atoms. The van der Waals surface area contributed by atoms with E-state index in [0.29, 0.717) is 31.8 Å². The highest BCUT2D eigenvalue weighted by atomic mass is 16.5. The molecule has 0 saturated heterocycles. The van der Waals surface area contributed by atoms with Gasteiger partial charge in [-0.05, 0) is 19.3 Å². The molecule has 1 aliphatic rings. The van der Waals surface area contributed by atoms with Gasteiger partial charge in [0.25, 0.3) is 0 Å². The Morgan fingerprint density at radius 3 is 2.61 bits per heavy atom. The summed E-state index contributed by atoms with van der Waals surface area (Å²) in [5, 5.41) is 9.28. The van der Waals surface area contributed by atoms with Gasteiger partial charge < -0.3 is 25.4 Å². The van der Waals surface area contributed by atoms with Gasteiger partial charge in [0, 0.05) is 33.4 Å². The predicted molar refractivity (Wildman–Crippen MR) is 91.7 cm³/mol. The van der Waals surface area contributed by atoms with Crippen LogP contribution in [0.3, 0.4) is 0 Å². The van der Waals surface area contributed by atoms with Crippen LogP contribution in [0.15, 0.2) is 4.99 Å². The second-order valence-electron chi connectivity index (χ2n) is 5.71. The van der Waals surface area contributed by atoms with E-state index in [0.717, 1.165) is 25.8 Å². The summed E-state index contributed by atoms with van der Waals surface area (Å²) in [6, 6.07) is 0.345. The largest absolute Gasteiger partial charge is 0.382 e. The van der Waals surface area contributed by atoms with Crippen LogP contribution in [0.4, 0.5) is 0 Å². The zero-order valence-electron chi connectivity index (χ0n) is 14.5. The quantitative estimate of drug-likeness (QED) is 0.312. The maximum atomic E-state index is 11.9. The zero-order chi connectivity index (χ0) is 16.8. The number of nitrogens with one attached hydrogen (secondary N) is 3. The third kappa shape index (κ3) is 10.1. The summed E-state index contributed by atoms with van der Waals surface area (Å²) in [5.41, 5.74) is 0. The molecule has 0 spiro atoms. The van der Waals surface area contributed by atoms with E-state index in [4.69, 9.17) is 9.47 Å². The molecule has 7 nitrogen and oxygen atoms in total. The molecule has 1 amide bonds. The number of methoxy groups -OCH3 is 1. The summed E-state index contributed by atoms with van der Waals surface area (Å²) >= 11 is 0. The lowest BCUT2D eigenvalue weighted by Crippen LogP contribution is -2.46. The fraction of sp³-hybridized carbons (Fsp3) is 0.875. The van der Waals surface area contributed by atoms with Gasteiger partial charge in [0.05, 0.1) is 19.8 Å². The number of hydrogen-bond donors (Lipinski definition) is 3. The summed E-state index contributed by atoms with van der Waals surface area (Å²) in [6.07, 6.45) is 6.79.